The summed E-state index contributed by atoms with van der Waals surface area (Å²) in [6.07, 6.45) is 3.38. The van der Waals surface area contributed by atoms with E-state index in [1.165, 1.54) is 0 Å². The van der Waals surface area contributed by atoms with Crippen molar-refractivity contribution in [1.29, 1.82) is 5.26 Å². The third kappa shape index (κ3) is 3.32. The first-order valence-corrected chi connectivity index (χ1v) is 7.23. The first-order chi connectivity index (χ1) is 10.9. The molecular weight excluding hydrogens is 278 g/mol. The van der Waals surface area contributed by atoms with Crippen LogP contribution >= 0.6 is 0 Å². The van der Waals surface area contributed by atoms with Crippen LogP contribution < -0.4 is 10.2 Å². The number of hydrogen-bond donors (Lipinski definition) is 1. The summed E-state index contributed by atoms with van der Waals surface area (Å²) in [4.78, 5) is 11.0. The lowest BCUT2D eigenvalue weighted by Crippen LogP contribution is -2.37. The summed E-state index contributed by atoms with van der Waals surface area (Å²) in [6.45, 7) is 3.83. The molecule has 0 unspecified atom stereocenters. The first-order valence-electron chi connectivity index (χ1n) is 7.23. The fourth-order valence-electron chi connectivity index (χ4n) is 2.38. The summed E-state index contributed by atoms with van der Waals surface area (Å²) >= 11 is 0. The van der Waals surface area contributed by atoms with Crippen molar-refractivity contribution in [3.63, 3.8) is 0 Å². The van der Waals surface area contributed by atoms with Gasteiger partial charge in [-0.25, -0.2) is 9.97 Å². The fourth-order valence-corrected chi connectivity index (χ4v) is 2.38. The summed E-state index contributed by atoms with van der Waals surface area (Å²) in [7, 11) is 0. The Kier molecular flexibility index (Phi) is 4.47. The van der Waals surface area contributed by atoms with Gasteiger partial charge < -0.3 is 15.0 Å². The number of morpholine rings is 1. The zero-order valence-electron chi connectivity index (χ0n) is 12.2. The van der Waals surface area contributed by atoms with E-state index in [-0.39, 0.29) is 0 Å². The molecule has 0 saturated carbocycles. The third-order valence-corrected chi connectivity index (χ3v) is 3.53. The Labute approximate surface area is 129 Å². The maximum absolute atomic E-state index is 8.78. The lowest BCUT2D eigenvalue weighted by atomic mass is 10.2. The van der Waals surface area contributed by atoms with Gasteiger partial charge in [0.15, 0.2) is 0 Å². The highest BCUT2D eigenvalue weighted by Crippen LogP contribution is 2.19. The van der Waals surface area contributed by atoms with Crippen molar-refractivity contribution in [1.82, 2.24) is 9.97 Å². The second-order valence-corrected chi connectivity index (χ2v) is 4.98. The van der Waals surface area contributed by atoms with E-state index in [1.807, 2.05) is 18.3 Å². The monoisotopic (exact) mass is 295 g/mol. The van der Waals surface area contributed by atoms with Gasteiger partial charge in [0.1, 0.15) is 17.7 Å². The van der Waals surface area contributed by atoms with E-state index in [0.29, 0.717) is 12.1 Å². The van der Waals surface area contributed by atoms with Crippen LogP contribution in [0.3, 0.4) is 0 Å². The molecule has 3 rings (SSSR count). The van der Waals surface area contributed by atoms with E-state index in [1.54, 1.807) is 12.3 Å². The van der Waals surface area contributed by atoms with Gasteiger partial charge in [-0.1, -0.05) is 6.07 Å². The van der Waals surface area contributed by atoms with Gasteiger partial charge >= 0.3 is 0 Å². The Hall–Kier alpha value is -2.65. The summed E-state index contributed by atoms with van der Waals surface area (Å²) in [5.41, 5.74) is 1.68. The molecule has 1 aliphatic rings. The van der Waals surface area contributed by atoms with Gasteiger partial charge in [0, 0.05) is 37.6 Å². The third-order valence-electron chi connectivity index (χ3n) is 3.53. The van der Waals surface area contributed by atoms with E-state index in [9.17, 15) is 0 Å². The maximum atomic E-state index is 8.78. The predicted octanol–water partition coefficient (Wildman–Crippen LogP) is 1.80. The largest absolute Gasteiger partial charge is 0.378 e. The fraction of sp³-hybridized carbons (Fsp3) is 0.312. The molecule has 3 heterocycles. The summed E-state index contributed by atoms with van der Waals surface area (Å²) in [5.74, 6) is 1.74. The van der Waals surface area contributed by atoms with E-state index >= 15 is 0 Å². The summed E-state index contributed by atoms with van der Waals surface area (Å²) in [6, 6.07) is 9.62. The minimum Gasteiger partial charge on any atom is -0.378 e. The number of nitrogens with zero attached hydrogens (tertiary/aromatic N) is 4. The first kappa shape index (κ1) is 14.3. The topological polar surface area (TPSA) is 74.1 Å². The van der Waals surface area contributed by atoms with E-state index in [0.717, 1.165) is 43.5 Å². The minimum atomic E-state index is 0.556. The lowest BCUT2D eigenvalue weighted by Gasteiger charge is -2.29. The quantitative estimate of drug-likeness (QED) is 0.927. The highest BCUT2D eigenvalue weighted by atomic mass is 16.5. The molecule has 0 aliphatic carbocycles. The standard InChI is InChI=1S/C16H17N5O/c17-10-13-3-4-15(19-11-13)20-12-14-2-1-5-18-16(14)21-6-8-22-9-7-21/h1-5,11H,6-9,12H2,(H,19,20). The van der Waals surface area contributed by atoms with E-state index < -0.39 is 0 Å². The predicted molar refractivity (Wildman–Crippen MR) is 83.5 cm³/mol. The molecule has 22 heavy (non-hydrogen) atoms. The van der Waals surface area contributed by atoms with Gasteiger partial charge in [0.25, 0.3) is 0 Å². The van der Waals surface area contributed by atoms with Crippen LogP contribution in [0.2, 0.25) is 0 Å². The van der Waals surface area contributed by atoms with Crippen LogP contribution in [-0.4, -0.2) is 36.3 Å². The summed E-state index contributed by atoms with van der Waals surface area (Å²) in [5, 5.41) is 12.1. The van der Waals surface area contributed by atoms with Gasteiger partial charge in [0.05, 0.1) is 18.8 Å². The van der Waals surface area contributed by atoms with Gasteiger partial charge in [0.2, 0.25) is 0 Å². The smallest absolute Gasteiger partial charge is 0.133 e. The number of nitrogens with one attached hydrogen (secondary N) is 1. The van der Waals surface area contributed by atoms with Crippen LogP contribution in [0.25, 0.3) is 0 Å². The number of ether oxygens (including phenoxy) is 1. The second-order valence-electron chi connectivity index (χ2n) is 4.98. The van der Waals surface area contributed by atoms with Gasteiger partial charge in [-0.2, -0.15) is 5.26 Å². The van der Waals surface area contributed by atoms with E-state index in [2.05, 4.69) is 32.3 Å². The second kappa shape index (κ2) is 6.87. The molecule has 0 amide bonds. The number of anilines is 2. The minimum absolute atomic E-state index is 0.556. The molecule has 0 atom stereocenters. The van der Waals surface area contributed by atoms with Crippen molar-refractivity contribution in [3.05, 3.63) is 47.8 Å². The number of hydrogen-bond acceptors (Lipinski definition) is 6. The Bertz CT molecular complexity index is 659. The van der Waals surface area contributed by atoms with Crippen molar-refractivity contribution >= 4 is 11.6 Å². The zero-order chi connectivity index (χ0) is 15.2. The molecule has 0 spiro atoms. The Morgan fingerprint density at radius 2 is 2.09 bits per heavy atom. The van der Waals surface area contributed by atoms with Gasteiger partial charge in [-0.15, -0.1) is 0 Å². The van der Waals surface area contributed by atoms with Crippen LogP contribution in [0.4, 0.5) is 11.6 Å². The average Bonchev–Trinajstić information content (AvgIpc) is 2.61. The number of nitriles is 1. The molecule has 1 aliphatic heterocycles. The zero-order valence-corrected chi connectivity index (χ0v) is 12.2. The molecule has 6 nitrogen and oxygen atoms in total. The molecule has 2 aromatic heterocycles. The maximum Gasteiger partial charge on any atom is 0.133 e. The molecule has 112 valence electrons. The number of pyridine rings is 2. The van der Waals surface area contributed by atoms with Crippen molar-refractivity contribution in [3.8, 4) is 6.07 Å². The van der Waals surface area contributed by atoms with Crippen molar-refractivity contribution in [2.45, 2.75) is 6.54 Å². The number of rotatable bonds is 4. The molecule has 2 aromatic rings. The Morgan fingerprint density at radius 1 is 1.23 bits per heavy atom. The van der Waals surface area contributed by atoms with Crippen molar-refractivity contribution in [2.75, 3.05) is 36.5 Å². The van der Waals surface area contributed by atoms with Crippen LogP contribution in [-0.2, 0) is 11.3 Å². The molecule has 1 N–H and O–H groups in total. The Balaban J connectivity index is 1.70. The lowest BCUT2D eigenvalue weighted by molar-refractivity contribution is 0.122. The van der Waals surface area contributed by atoms with Crippen LogP contribution in [0.5, 0.6) is 0 Å². The average molecular weight is 295 g/mol. The molecule has 6 heteroatoms. The highest BCUT2D eigenvalue weighted by molar-refractivity contribution is 5.49. The van der Waals surface area contributed by atoms with Crippen molar-refractivity contribution in [2.24, 2.45) is 0 Å². The summed E-state index contributed by atoms with van der Waals surface area (Å²) < 4.78 is 5.39. The molecule has 0 aromatic carbocycles. The molecular formula is C16H17N5O. The Morgan fingerprint density at radius 3 is 2.82 bits per heavy atom. The number of aromatic nitrogens is 2. The SMILES string of the molecule is N#Cc1ccc(NCc2cccnc2N2CCOCC2)nc1. The van der Waals surface area contributed by atoms with Gasteiger partial charge in [-0.3, -0.25) is 0 Å². The van der Waals surface area contributed by atoms with Crippen LogP contribution in [0.15, 0.2) is 36.7 Å². The van der Waals surface area contributed by atoms with Gasteiger partial charge in [-0.05, 0) is 18.2 Å². The van der Waals surface area contributed by atoms with Crippen LogP contribution in [0, 0.1) is 11.3 Å². The molecule has 1 fully saturated rings. The molecule has 1 saturated heterocycles. The molecule has 0 radical (unpaired) electrons. The van der Waals surface area contributed by atoms with Crippen LogP contribution in [0.1, 0.15) is 11.1 Å². The molecule has 0 bridgehead atoms. The highest BCUT2D eigenvalue weighted by Gasteiger charge is 2.15. The normalized spacial score (nSPS) is 14.4. The van der Waals surface area contributed by atoms with E-state index in [4.69, 9.17) is 10.00 Å². The van der Waals surface area contributed by atoms with Crippen molar-refractivity contribution < 1.29 is 4.74 Å².